The van der Waals surface area contributed by atoms with Crippen LogP contribution in [0, 0.1) is 5.92 Å². The van der Waals surface area contributed by atoms with Gasteiger partial charge < -0.3 is 15.5 Å². The minimum atomic E-state index is 0. The molecular formula is C19H27Cl2N3OS. The second-order valence-corrected chi connectivity index (χ2v) is 8.46. The molecule has 1 aromatic carbocycles. The van der Waals surface area contributed by atoms with Gasteiger partial charge in [0.25, 0.3) is 5.91 Å². The highest BCUT2D eigenvalue weighted by Crippen LogP contribution is 2.30. The Morgan fingerprint density at radius 3 is 2.54 bits per heavy atom. The maximum atomic E-state index is 12.7. The normalized spacial score (nSPS) is 24.0. The second kappa shape index (κ2) is 8.79. The molecule has 26 heavy (non-hydrogen) atoms. The van der Waals surface area contributed by atoms with E-state index in [4.69, 9.17) is 0 Å². The van der Waals surface area contributed by atoms with Crippen molar-refractivity contribution in [2.75, 3.05) is 25.0 Å². The topological polar surface area (TPSA) is 44.4 Å². The van der Waals surface area contributed by atoms with Gasteiger partial charge in [-0.3, -0.25) is 4.79 Å². The van der Waals surface area contributed by atoms with Crippen LogP contribution in [-0.2, 0) is 0 Å². The molecule has 4 heterocycles. The van der Waals surface area contributed by atoms with Crippen LogP contribution in [0.5, 0.6) is 0 Å². The number of fused-ring (bicyclic) bond motifs is 4. The summed E-state index contributed by atoms with van der Waals surface area (Å²) < 4.78 is 1.17. The molecule has 144 valence electrons. The Balaban J connectivity index is 0.00000121. The van der Waals surface area contributed by atoms with E-state index in [9.17, 15) is 4.79 Å². The minimum absolute atomic E-state index is 0. The summed E-state index contributed by atoms with van der Waals surface area (Å²) in [4.78, 5) is 16.0. The number of hydrogen-bond acceptors (Lipinski definition) is 4. The van der Waals surface area contributed by atoms with Crippen LogP contribution in [0.25, 0.3) is 10.1 Å². The largest absolute Gasteiger partial charge is 0.383 e. The maximum absolute atomic E-state index is 12.7. The molecule has 3 saturated heterocycles. The molecule has 3 aliphatic heterocycles. The van der Waals surface area contributed by atoms with Crippen LogP contribution in [-0.4, -0.2) is 42.5 Å². The quantitative estimate of drug-likeness (QED) is 0.777. The standard InChI is InChI=1S/C19H25N3OS.2ClH/c1-12(2)20-15-4-3-14-9-18(24-17(14)10-15)19(23)21-16-11-22-7-5-13(16)6-8-22;;/h3-4,9-10,12-13,16,20H,5-8,11H2,1-2H3,(H,21,23);2*1H/t16-;;/m0../s1. The second-order valence-electron chi connectivity index (χ2n) is 7.38. The Kier molecular flexibility index (Phi) is 7.19. The zero-order chi connectivity index (χ0) is 16.7. The van der Waals surface area contributed by atoms with Gasteiger partial charge in [-0.1, -0.05) is 6.07 Å². The zero-order valence-corrected chi connectivity index (χ0v) is 17.6. The average molecular weight is 416 g/mol. The average Bonchev–Trinajstić information content (AvgIpc) is 2.99. The van der Waals surface area contributed by atoms with Crippen molar-refractivity contribution < 1.29 is 4.79 Å². The van der Waals surface area contributed by atoms with Crippen molar-refractivity contribution in [3.8, 4) is 0 Å². The molecule has 0 saturated carbocycles. The van der Waals surface area contributed by atoms with Gasteiger partial charge in [0.15, 0.2) is 0 Å². The molecule has 4 nitrogen and oxygen atoms in total. The lowest BCUT2D eigenvalue weighted by molar-refractivity contribution is 0.0622. The van der Waals surface area contributed by atoms with Crippen molar-refractivity contribution in [1.82, 2.24) is 10.2 Å². The van der Waals surface area contributed by atoms with E-state index in [1.807, 2.05) is 6.07 Å². The molecule has 0 unspecified atom stereocenters. The van der Waals surface area contributed by atoms with Crippen molar-refractivity contribution in [3.63, 3.8) is 0 Å². The summed E-state index contributed by atoms with van der Waals surface area (Å²) in [6.07, 6.45) is 2.45. The SMILES string of the molecule is CC(C)Nc1ccc2cc(C(=O)N[C@H]3CN4CCC3CC4)sc2c1.Cl.Cl. The number of carbonyl (C=O) groups is 1. The summed E-state index contributed by atoms with van der Waals surface area (Å²) in [5, 5.41) is 7.86. The van der Waals surface area contributed by atoms with E-state index in [-0.39, 0.29) is 30.7 Å². The molecule has 3 aliphatic rings. The highest BCUT2D eigenvalue weighted by atomic mass is 35.5. The van der Waals surface area contributed by atoms with Gasteiger partial charge in [-0.25, -0.2) is 0 Å². The van der Waals surface area contributed by atoms with Gasteiger partial charge >= 0.3 is 0 Å². The number of rotatable bonds is 4. The first-order chi connectivity index (χ1) is 11.6. The molecule has 7 heteroatoms. The third kappa shape index (κ3) is 4.45. The predicted molar refractivity (Wildman–Crippen MR) is 115 cm³/mol. The van der Waals surface area contributed by atoms with Crippen LogP contribution in [0.4, 0.5) is 5.69 Å². The highest BCUT2D eigenvalue weighted by Gasteiger charge is 2.35. The summed E-state index contributed by atoms with van der Waals surface area (Å²) in [5.41, 5.74) is 1.11. The number of hydrogen-bond donors (Lipinski definition) is 2. The van der Waals surface area contributed by atoms with Gasteiger partial charge in [-0.2, -0.15) is 0 Å². The van der Waals surface area contributed by atoms with Crippen LogP contribution in [0.15, 0.2) is 24.3 Å². The molecule has 1 amide bonds. The Morgan fingerprint density at radius 2 is 1.92 bits per heavy atom. The van der Waals surface area contributed by atoms with Gasteiger partial charge in [-0.15, -0.1) is 36.2 Å². The van der Waals surface area contributed by atoms with E-state index in [2.05, 4.69) is 47.6 Å². The van der Waals surface area contributed by atoms with Crippen LogP contribution in [0.1, 0.15) is 36.4 Å². The van der Waals surface area contributed by atoms with Crippen molar-refractivity contribution in [1.29, 1.82) is 0 Å². The zero-order valence-electron chi connectivity index (χ0n) is 15.2. The van der Waals surface area contributed by atoms with Gasteiger partial charge in [-0.05, 0) is 69.3 Å². The van der Waals surface area contributed by atoms with Gasteiger partial charge in [0.2, 0.25) is 0 Å². The van der Waals surface area contributed by atoms with E-state index in [0.29, 0.717) is 18.0 Å². The highest BCUT2D eigenvalue weighted by molar-refractivity contribution is 7.20. The first-order valence-corrected chi connectivity index (χ1v) is 9.73. The number of nitrogens with zero attached hydrogens (tertiary/aromatic N) is 1. The Labute approximate surface area is 171 Å². The monoisotopic (exact) mass is 415 g/mol. The predicted octanol–water partition coefficient (Wildman–Crippen LogP) is 4.39. The Morgan fingerprint density at radius 1 is 1.19 bits per heavy atom. The molecular weight excluding hydrogens is 389 g/mol. The number of benzene rings is 1. The molecule has 3 fully saturated rings. The van der Waals surface area contributed by atoms with Crippen molar-refractivity contribution >= 4 is 57.8 Å². The minimum Gasteiger partial charge on any atom is -0.383 e. The fourth-order valence-corrected chi connectivity index (χ4v) is 4.94. The Hall–Kier alpha value is -1.01. The number of amides is 1. The van der Waals surface area contributed by atoms with Crippen molar-refractivity contribution in [3.05, 3.63) is 29.1 Å². The lowest BCUT2D eigenvalue weighted by Crippen LogP contribution is -2.57. The van der Waals surface area contributed by atoms with Crippen LogP contribution in [0.3, 0.4) is 0 Å². The molecule has 0 aliphatic carbocycles. The molecule has 0 radical (unpaired) electrons. The maximum Gasteiger partial charge on any atom is 0.261 e. The van der Waals surface area contributed by atoms with Crippen molar-refractivity contribution in [2.24, 2.45) is 5.92 Å². The summed E-state index contributed by atoms with van der Waals surface area (Å²) in [6.45, 7) is 7.68. The van der Waals surface area contributed by atoms with E-state index < -0.39 is 0 Å². The van der Waals surface area contributed by atoms with Crippen molar-refractivity contribution in [2.45, 2.75) is 38.8 Å². The Bertz CT molecular complexity index is 756. The number of anilines is 1. The molecule has 2 N–H and O–H groups in total. The van der Waals surface area contributed by atoms with E-state index in [1.165, 1.54) is 30.6 Å². The van der Waals surface area contributed by atoms with Gasteiger partial charge in [0.1, 0.15) is 0 Å². The van der Waals surface area contributed by atoms with E-state index >= 15 is 0 Å². The molecule has 0 spiro atoms. The molecule has 2 aromatic rings. The third-order valence-corrected chi connectivity index (χ3v) is 6.27. The lowest BCUT2D eigenvalue weighted by Gasteiger charge is -2.44. The van der Waals surface area contributed by atoms with E-state index in [1.54, 1.807) is 11.3 Å². The lowest BCUT2D eigenvalue weighted by atomic mass is 9.84. The fraction of sp³-hybridized carbons (Fsp3) is 0.526. The molecule has 2 bridgehead atoms. The molecule has 5 rings (SSSR count). The molecule has 1 aromatic heterocycles. The number of thiophene rings is 1. The summed E-state index contributed by atoms with van der Waals surface area (Å²) in [7, 11) is 0. The smallest absolute Gasteiger partial charge is 0.261 e. The van der Waals surface area contributed by atoms with E-state index in [0.717, 1.165) is 22.5 Å². The number of piperidine rings is 3. The third-order valence-electron chi connectivity index (χ3n) is 5.17. The van der Waals surface area contributed by atoms with Crippen LogP contribution in [0.2, 0.25) is 0 Å². The van der Waals surface area contributed by atoms with Crippen LogP contribution < -0.4 is 10.6 Å². The number of nitrogens with one attached hydrogen (secondary N) is 2. The summed E-state index contributed by atoms with van der Waals surface area (Å²) in [5.74, 6) is 0.753. The number of halogens is 2. The summed E-state index contributed by atoms with van der Waals surface area (Å²) >= 11 is 1.59. The van der Waals surface area contributed by atoms with Crippen LogP contribution >= 0.6 is 36.2 Å². The fourth-order valence-electron chi connectivity index (χ4n) is 3.93. The summed E-state index contributed by atoms with van der Waals surface area (Å²) in [6, 6.07) is 9.08. The first-order valence-electron chi connectivity index (χ1n) is 8.92. The first kappa shape index (κ1) is 21.3. The number of carbonyl (C=O) groups excluding carboxylic acids is 1. The van der Waals surface area contributed by atoms with Gasteiger partial charge in [0.05, 0.1) is 4.88 Å². The van der Waals surface area contributed by atoms with Gasteiger partial charge in [0, 0.05) is 29.0 Å². The molecule has 1 atom stereocenters.